The molecule has 2 aromatic heterocycles. The summed E-state index contributed by atoms with van der Waals surface area (Å²) in [6.07, 6.45) is 0.709. The van der Waals surface area contributed by atoms with Crippen molar-refractivity contribution in [1.29, 1.82) is 0 Å². The van der Waals surface area contributed by atoms with Gasteiger partial charge in [0.15, 0.2) is 0 Å². The lowest BCUT2D eigenvalue weighted by molar-refractivity contribution is 0.149. The summed E-state index contributed by atoms with van der Waals surface area (Å²) in [4.78, 5) is 10.9. The zero-order valence-corrected chi connectivity index (χ0v) is 10.9. The molecule has 0 spiro atoms. The van der Waals surface area contributed by atoms with Crippen molar-refractivity contribution in [1.82, 2.24) is 9.97 Å². The molecule has 0 aliphatic rings. The first-order valence-electron chi connectivity index (χ1n) is 5.21. The largest absolute Gasteiger partial charge is 0.381 e. The Morgan fingerprint density at radius 2 is 2.25 bits per heavy atom. The Morgan fingerprint density at radius 3 is 3.00 bits per heavy atom. The molecule has 0 amide bonds. The van der Waals surface area contributed by atoms with Gasteiger partial charge in [0.05, 0.1) is 6.61 Å². The van der Waals surface area contributed by atoms with E-state index in [2.05, 4.69) is 9.97 Å². The van der Waals surface area contributed by atoms with Gasteiger partial charge in [-0.1, -0.05) is 11.6 Å². The first kappa shape index (κ1) is 11.8. The minimum Gasteiger partial charge on any atom is -0.381 e. The SMILES string of the molecule is CCOCCc1nc(Cl)c2cc(C)sc2n1. The molecule has 2 heterocycles. The van der Waals surface area contributed by atoms with Crippen LogP contribution in [0.2, 0.25) is 5.15 Å². The molecule has 5 heteroatoms. The first-order chi connectivity index (χ1) is 7.70. The highest BCUT2D eigenvalue weighted by Crippen LogP contribution is 2.28. The number of aromatic nitrogens is 2. The Kier molecular flexibility index (Phi) is 3.74. The lowest BCUT2D eigenvalue weighted by atomic mass is 10.3. The Morgan fingerprint density at radius 1 is 1.44 bits per heavy atom. The van der Waals surface area contributed by atoms with Crippen LogP contribution in [0.15, 0.2) is 6.07 Å². The number of hydrogen-bond acceptors (Lipinski definition) is 4. The van der Waals surface area contributed by atoms with Crippen LogP contribution in [0.1, 0.15) is 17.6 Å². The van der Waals surface area contributed by atoms with Crippen molar-refractivity contribution in [3.8, 4) is 0 Å². The number of nitrogens with zero attached hydrogens (tertiary/aromatic N) is 2. The van der Waals surface area contributed by atoms with E-state index in [0.29, 0.717) is 24.8 Å². The Hall–Kier alpha value is -0.710. The molecule has 86 valence electrons. The molecule has 0 radical (unpaired) electrons. The topological polar surface area (TPSA) is 35.0 Å². The number of hydrogen-bond donors (Lipinski definition) is 0. The third-order valence-electron chi connectivity index (χ3n) is 2.19. The summed E-state index contributed by atoms with van der Waals surface area (Å²) in [5, 5.41) is 1.49. The van der Waals surface area contributed by atoms with Crippen LogP contribution in [-0.4, -0.2) is 23.2 Å². The highest BCUT2D eigenvalue weighted by Gasteiger charge is 2.08. The lowest BCUT2D eigenvalue weighted by Crippen LogP contribution is -2.02. The minimum absolute atomic E-state index is 0.542. The zero-order valence-electron chi connectivity index (χ0n) is 9.29. The third kappa shape index (κ3) is 2.51. The molecule has 0 atom stereocenters. The predicted molar refractivity (Wildman–Crippen MR) is 67.4 cm³/mol. The van der Waals surface area contributed by atoms with Gasteiger partial charge < -0.3 is 4.74 Å². The predicted octanol–water partition coefficient (Wildman–Crippen LogP) is 3.23. The van der Waals surface area contributed by atoms with Crippen molar-refractivity contribution in [2.45, 2.75) is 20.3 Å². The lowest BCUT2D eigenvalue weighted by Gasteiger charge is -2.01. The van der Waals surface area contributed by atoms with Crippen LogP contribution in [0.3, 0.4) is 0 Å². The fourth-order valence-corrected chi connectivity index (χ4v) is 2.66. The fraction of sp³-hybridized carbons (Fsp3) is 0.455. The van der Waals surface area contributed by atoms with Gasteiger partial charge in [-0.2, -0.15) is 0 Å². The van der Waals surface area contributed by atoms with E-state index in [0.717, 1.165) is 16.0 Å². The maximum Gasteiger partial charge on any atom is 0.141 e. The van der Waals surface area contributed by atoms with Crippen LogP contribution in [-0.2, 0) is 11.2 Å². The van der Waals surface area contributed by atoms with Gasteiger partial charge >= 0.3 is 0 Å². The summed E-state index contributed by atoms with van der Waals surface area (Å²) in [6.45, 7) is 5.37. The molecule has 0 saturated heterocycles. The molecular formula is C11H13ClN2OS. The quantitative estimate of drug-likeness (QED) is 0.622. The number of halogens is 1. The van der Waals surface area contributed by atoms with E-state index in [1.807, 2.05) is 19.9 Å². The van der Waals surface area contributed by atoms with Crippen molar-refractivity contribution in [3.05, 3.63) is 21.9 Å². The van der Waals surface area contributed by atoms with Gasteiger partial charge in [-0.3, -0.25) is 0 Å². The van der Waals surface area contributed by atoms with Crippen molar-refractivity contribution >= 4 is 33.2 Å². The summed E-state index contributed by atoms with van der Waals surface area (Å²) in [5.74, 6) is 0.757. The fourth-order valence-electron chi connectivity index (χ4n) is 1.47. The number of rotatable bonds is 4. The molecule has 0 unspecified atom stereocenters. The normalized spacial score (nSPS) is 11.2. The van der Waals surface area contributed by atoms with E-state index in [1.54, 1.807) is 11.3 Å². The standard InChI is InChI=1S/C11H13ClN2OS/c1-3-15-5-4-9-13-10(12)8-6-7(2)16-11(8)14-9/h6H,3-5H2,1-2H3. The van der Waals surface area contributed by atoms with Gasteiger partial charge in [0.2, 0.25) is 0 Å². The second-order valence-electron chi connectivity index (χ2n) is 3.45. The van der Waals surface area contributed by atoms with Gasteiger partial charge in [-0.05, 0) is 19.9 Å². The summed E-state index contributed by atoms with van der Waals surface area (Å²) in [6, 6.07) is 2.02. The molecule has 0 fully saturated rings. The summed E-state index contributed by atoms with van der Waals surface area (Å²) in [7, 11) is 0. The number of ether oxygens (including phenoxy) is 1. The Balaban J connectivity index is 2.27. The molecule has 2 rings (SSSR count). The number of aryl methyl sites for hydroxylation is 1. The smallest absolute Gasteiger partial charge is 0.141 e. The van der Waals surface area contributed by atoms with Crippen LogP contribution >= 0.6 is 22.9 Å². The average Bonchev–Trinajstić information content (AvgIpc) is 2.60. The molecule has 16 heavy (non-hydrogen) atoms. The summed E-state index contributed by atoms with van der Waals surface area (Å²) < 4.78 is 5.27. The second kappa shape index (κ2) is 5.08. The van der Waals surface area contributed by atoms with Crippen LogP contribution in [0, 0.1) is 6.92 Å². The van der Waals surface area contributed by atoms with Crippen molar-refractivity contribution in [2.24, 2.45) is 0 Å². The van der Waals surface area contributed by atoms with Crippen molar-refractivity contribution in [2.75, 3.05) is 13.2 Å². The highest BCUT2D eigenvalue weighted by molar-refractivity contribution is 7.18. The van der Waals surface area contributed by atoms with Gasteiger partial charge in [-0.25, -0.2) is 9.97 Å². The molecule has 0 N–H and O–H groups in total. The first-order valence-corrected chi connectivity index (χ1v) is 6.40. The highest BCUT2D eigenvalue weighted by atomic mass is 35.5. The Bertz CT molecular complexity index is 498. The van der Waals surface area contributed by atoms with Crippen LogP contribution in [0.4, 0.5) is 0 Å². The number of thiophene rings is 1. The van der Waals surface area contributed by atoms with Crippen LogP contribution in [0.5, 0.6) is 0 Å². The molecule has 0 bridgehead atoms. The summed E-state index contributed by atoms with van der Waals surface area (Å²) in [5.41, 5.74) is 0. The third-order valence-corrected chi connectivity index (χ3v) is 3.42. The van der Waals surface area contributed by atoms with Gasteiger partial charge in [0, 0.05) is 23.3 Å². The second-order valence-corrected chi connectivity index (χ2v) is 5.05. The minimum atomic E-state index is 0.542. The summed E-state index contributed by atoms with van der Waals surface area (Å²) >= 11 is 7.75. The van der Waals surface area contributed by atoms with Gasteiger partial charge in [0.1, 0.15) is 15.8 Å². The molecule has 0 aromatic carbocycles. The molecule has 0 aliphatic heterocycles. The zero-order chi connectivity index (χ0) is 11.5. The monoisotopic (exact) mass is 256 g/mol. The van der Waals surface area contributed by atoms with E-state index in [1.165, 1.54) is 4.88 Å². The molecule has 0 aliphatic carbocycles. The number of fused-ring (bicyclic) bond motifs is 1. The maximum atomic E-state index is 6.10. The molecule has 2 aromatic rings. The van der Waals surface area contributed by atoms with E-state index in [4.69, 9.17) is 16.3 Å². The van der Waals surface area contributed by atoms with Crippen molar-refractivity contribution in [3.63, 3.8) is 0 Å². The molecular weight excluding hydrogens is 244 g/mol. The van der Waals surface area contributed by atoms with E-state index < -0.39 is 0 Å². The van der Waals surface area contributed by atoms with Crippen LogP contribution in [0.25, 0.3) is 10.2 Å². The maximum absolute atomic E-state index is 6.10. The van der Waals surface area contributed by atoms with Crippen LogP contribution < -0.4 is 0 Å². The van der Waals surface area contributed by atoms with E-state index in [9.17, 15) is 0 Å². The average molecular weight is 257 g/mol. The van der Waals surface area contributed by atoms with E-state index >= 15 is 0 Å². The Labute approximate surface area is 103 Å². The van der Waals surface area contributed by atoms with Gasteiger partial charge in [0.25, 0.3) is 0 Å². The molecule has 3 nitrogen and oxygen atoms in total. The van der Waals surface area contributed by atoms with Crippen molar-refractivity contribution < 1.29 is 4.74 Å². The van der Waals surface area contributed by atoms with Gasteiger partial charge in [-0.15, -0.1) is 11.3 Å². The van der Waals surface area contributed by atoms with E-state index in [-0.39, 0.29) is 0 Å². The molecule has 0 saturated carbocycles.